The Balaban J connectivity index is 2.24. The molecule has 1 unspecified atom stereocenters. The van der Waals surface area contributed by atoms with Crippen molar-refractivity contribution in [2.45, 2.75) is 66.7 Å². The van der Waals surface area contributed by atoms with E-state index in [-0.39, 0.29) is 47.6 Å². The summed E-state index contributed by atoms with van der Waals surface area (Å²) < 4.78 is 0. The zero-order valence-corrected chi connectivity index (χ0v) is 21.8. The summed E-state index contributed by atoms with van der Waals surface area (Å²) >= 11 is 0. The van der Waals surface area contributed by atoms with E-state index >= 15 is 0 Å². The van der Waals surface area contributed by atoms with Crippen LogP contribution in [0.3, 0.4) is 0 Å². The van der Waals surface area contributed by atoms with E-state index in [0.717, 1.165) is 23.6 Å². The average molecular weight is 495 g/mol. The standard InChI is InChI=1S/C30H38O6/c1-6-7-19(4)14-20(5)9-12-23-25(32)17-26(33)28(30(23)36)24(31)13-10-21-15-22(11-8-18(2)3)29(35)27(34)16-21/h6-9,15-17,19,32-36H,10-14H2,1-5H3. The zero-order valence-electron chi connectivity index (χ0n) is 21.8. The molecule has 36 heavy (non-hydrogen) atoms. The van der Waals surface area contributed by atoms with E-state index in [1.54, 1.807) is 6.07 Å². The molecule has 0 aliphatic rings. The van der Waals surface area contributed by atoms with Crippen molar-refractivity contribution >= 4 is 5.78 Å². The molecule has 2 aromatic carbocycles. The average Bonchev–Trinajstić information content (AvgIpc) is 2.78. The monoisotopic (exact) mass is 494 g/mol. The van der Waals surface area contributed by atoms with Crippen LogP contribution >= 0.6 is 0 Å². The highest BCUT2D eigenvalue weighted by Crippen LogP contribution is 2.39. The Morgan fingerprint density at radius 1 is 0.889 bits per heavy atom. The Kier molecular flexibility index (Phi) is 10.2. The molecule has 6 heteroatoms. The zero-order chi connectivity index (χ0) is 27.0. The van der Waals surface area contributed by atoms with Crippen molar-refractivity contribution in [2.75, 3.05) is 0 Å². The number of allylic oxidation sites excluding steroid dienone is 6. The van der Waals surface area contributed by atoms with E-state index in [9.17, 15) is 30.3 Å². The number of ketones is 1. The third kappa shape index (κ3) is 7.67. The van der Waals surface area contributed by atoms with Crippen LogP contribution in [0.15, 0.2) is 53.6 Å². The number of phenolic OH excluding ortho intramolecular Hbond substituents is 5. The van der Waals surface area contributed by atoms with E-state index in [1.807, 2.05) is 45.9 Å². The van der Waals surface area contributed by atoms with Gasteiger partial charge in [-0.15, -0.1) is 0 Å². The molecule has 0 aliphatic heterocycles. The highest BCUT2D eigenvalue weighted by Gasteiger charge is 2.22. The van der Waals surface area contributed by atoms with E-state index in [4.69, 9.17) is 0 Å². The molecule has 2 rings (SSSR count). The Morgan fingerprint density at radius 3 is 2.22 bits per heavy atom. The minimum Gasteiger partial charge on any atom is -0.507 e. The molecule has 0 aliphatic carbocycles. The van der Waals surface area contributed by atoms with Gasteiger partial charge in [-0.1, -0.05) is 48.4 Å². The number of aromatic hydroxyl groups is 5. The molecule has 0 aromatic heterocycles. The van der Waals surface area contributed by atoms with Gasteiger partial charge in [-0.25, -0.2) is 0 Å². The summed E-state index contributed by atoms with van der Waals surface area (Å²) in [7, 11) is 0. The molecule has 6 nitrogen and oxygen atoms in total. The molecular formula is C30H38O6. The summed E-state index contributed by atoms with van der Waals surface area (Å²) in [6.45, 7) is 9.91. The first-order valence-electron chi connectivity index (χ1n) is 12.2. The lowest BCUT2D eigenvalue weighted by molar-refractivity contribution is 0.0977. The molecule has 2 aromatic rings. The Hall–Kier alpha value is -3.67. The van der Waals surface area contributed by atoms with Gasteiger partial charge in [-0.3, -0.25) is 4.79 Å². The fraction of sp³-hybridized carbons (Fsp3) is 0.367. The molecule has 194 valence electrons. The fourth-order valence-corrected chi connectivity index (χ4v) is 4.16. The molecule has 0 bridgehead atoms. The summed E-state index contributed by atoms with van der Waals surface area (Å²) in [5.74, 6) is -1.79. The number of hydrogen-bond donors (Lipinski definition) is 5. The topological polar surface area (TPSA) is 118 Å². The molecule has 0 spiro atoms. The minimum atomic E-state index is -0.493. The lowest BCUT2D eigenvalue weighted by Gasteiger charge is -2.13. The summed E-state index contributed by atoms with van der Waals surface area (Å²) in [5.41, 5.74) is 3.28. The van der Waals surface area contributed by atoms with Crippen LogP contribution in [0.5, 0.6) is 28.7 Å². The number of benzene rings is 2. The number of aryl methyl sites for hydroxylation is 1. The van der Waals surface area contributed by atoms with E-state index < -0.39 is 17.3 Å². The van der Waals surface area contributed by atoms with Gasteiger partial charge in [-0.2, -0.15) is 0 Å². The molecule has 0 heterocycles. The third-order valence-corrected chi connectivity index (χ3v) is 6.06. The van der Waals surface area contributed by atoms with Crippen LogP contribution in [0.1, 0.15) is 74.5 Å². The normalized spacial score (nSPS) is 12.6. The van der Waals surface area contributed by atoms with Crippen LogP contribution < -0.4 is 0 Å². The van der Waals surface area contributed by atoms with Crippen molar-refractivity contribution in [3.63, 3.8) is 0 Å². The predicted octanol–water partition coefficient (Wildman–Crippen LogP) is 6.63. The maximum atomic E-state index is 13.0. The summed E-state index contributed by atoms with van der Waals surface area (Å²) in [5, 5.41) is 51.7. The first-order chi connectivity index (χ1) is 16.9. The molecule has 0 saturated heterocycles. The second kappa shape index (κ2) is 12.9. The lowest BCUT2D eigenvalue weighted by Crippen LogP contribution is -2.04. The van der Waals surface area contributed by atoms with Crippen molar-refractivity contribution in [3.8, 4) is 28.7 Å². The number of carbonyl (C=O) groups excluding carboxylic acids is 1. The van der Waals surface area contributed by atoms with Gasteiger partial charge in [0.1, 0.15) is 22.8 Å². The molecule has 5 N–H and O–H groups in total. The smallest absolute Gasteiger partial charge is 0.170 e. The maximum absolute atomic E-state index is 13.0. The minimum absolute atomic E-state index is 0.0482. The Labute approximate surface area is 213 Å². The van der Waals surface area contributed by atoms with Gasteiger partial charge in [0.05, 0.1) is 0 Å². The lowest BCUT2D eigenvalue weighted by atomic mass is 9.95. The van der Waals surface area contributed by atoms with E-state index in [0.29, 0.717) is 23.5 Å². The second-order valence-corrected chi connectivity index (χ2v) is 9.61. The number of hydrogen-bond acceptors (Lipinski definition) is 6. The van der Waals surface area contributed by atoms with Crippen molar-refractivity contribution in [3.05, 3.63) is 75.9 Å². The molecule has 1 atom stereocenters. The SMILES string of the molecule is CC=CC(C)CC(C)=CCc1c(O)cc(O)c(C(=O)CCc2cc(O)c(O)c(CC=C(C)C)c2)c1O. The molecule has 0 fully saturated rings. The summed E-state index contributed by atoms with van der Waals surface area (Å²) in [6.07, 6.45) is 9.57. The Bertz CT molecular complexity index is 1180. The first-order valence-corrected chi connectivity index (χ1v) is 12.2. The van der Waals surface area contributed by atoms with Crippen molar-refractivity contribution < 1.29 is 30.3 Å². The van der Waals surface area contributed by atoms with E-state index in [1.165, 1.54) is 6.07 Å². The molecule has 0 amide bonds. The number of Topliss-reactive ketones (excluding diaryl/α,β-unsaturated/α-hetero) is 1. The van der Waals surface area contributed by atoms with E-state index in [2.05, 4.69) is 13.0 Å². The van der Waals surface area contributed by atoms with Gasteiger partial charge in [0.25, 0.3) is 0 Å². The summed E-state index contributed by atoms with van der Waals surface area (Å²) in [6, 6.07) is 4.21. The molecule has 0 saturated carbocycles. The second-order valence-electron chi connectivity index (χ2n) is 9.61. The van der Waals surface area contributed by atoms with Gasteiger partial charge >= 0.3 is 0 Å². The van der Waals surface area contributed by atoms with Crippen molar-refractivity contribution in [1.29, 1.82) is 0 Å². The van der Waals surface area contributed by atoms with Gasteiger partial charge in [0.15, 0.2) is 17.3 Å². The van der Waals surface area contributed by atoms with Crippen molar-refractivity contribution in [1.82, 2.24) is 0 Å². The van der Waals surface area contributed by atoms with Gasteiger partial charge in [0, 0.05) is 23.6 Å². The van der Waals surface area contributed by atoms with Gasteiger partial charge < -0.3 is 25.5 Å². The van der Waals surface area contributed by atoms with Crippen LogP contribution in [-0.2, 0) is 19.3 Å². The number of rotatable bonds is 11. The highest BCUT2D eigenvalue weighted by atomic mass is 16.3. The highest BCUT2D eigenvalue weighted by molar-refractivity contribution is 6.02. The third-order valence-electron chi connectivity index (χ3n) is 6.06. The summed E-state index contributed by atoms with van der Waals surface area (Å²) in [4.78, 5) is 13.0. The van der Waals surface area contributed by atoms with Crippen LogP contribution in [0.4, 0.5) is 0 Å². The van der Waals surface area contributed by atoms with Gasteiger partial charge in [0.2, 0.25) is 0 Å². The number of phenols is 5. The van der Waals surface area contributed by atoms with Crippen LogP contribution in [0.25, 0.3) is 0 Å². The predicted molar refractivity (Wildman–Crippen MR) is 143 cm³/mol. The Morgan fingerprint density at radius 2 is 1.58 bits per heavy atom. The maximum Gasteiger partial charge on any atom is 0.170 e. The first kappa shape index (κ1) is 28.6. The van der Waals surface area contributed by atoms with Gasteiger partial charge in [-0.05, 0) is 70.9 Å². The van der Waals surface area contributed by atoms with Crippen molar-refractivity contribution in [2.24, 2.45) is 5.92 Å². The van der Waals surface area contributed by atoms with Crippen LogP contribution in [0, 0.1) is 5.92 Å². The quantitative estimate of drug-likeness (QED) is 0.136. The van der Waals surface area contributed by atoms with Crippen LogP contribution in [-0.4, -0.2) is 31.3 Å². The van der Waals surface area contributed by atoms with Crippen LogP contribution in [0.2, 0.25) is 0 Å². The molecular weight excluding hydrogens is 456 g/mol. The number of carbonyl (C=O) groups is 1. The largest absolute Gasteiger partial charge is 0.507 e. The fourth-order valence-electron chi connectivity index (χ4n) is 4.16. The molecule has 0 radical (unpaired) electrons.